The highest BCUT2D eigenvalue weighted by atomic mass is 35.5. The third kappa shape index (κ3) is 3.83. The fraction of sp³-hybridized carbons (Fsp3) is 0.471. The minimum absolute atomic E-state index is 0.0599. The zero-order valence-electron chi connectivity index (χ0n) is 12.6. The lowest BCUT2D eigenvalue weighted by molar-refractivity contribution is 0.101. The lowest BCUT2D eigenvalue weighted by Gasteiger charge is -2.30. The van der Waals surface area contributed by atoms with E-state index in [1.54, 1.807) is 36.0 Å². The molecule has 0 aromatic heterocycles. The van der Waals surface area contributed by atoms with Crippen molar-refractivity contribution in [1.82, 2.24) is 0 Å². The molecule has 2 nitrogen and oxygen atoms in total. The molecule has 0 radical (unpaired) electrons. The van der Waals surface area contributed by atoms with Gasteiger partial charge in [0.2, 0.25) is 0 Å². The van der Waals surface area contributed by atoms with Crippen molar-refractivity contribution in [3.05, 3.63) is 45.5 Å². The van der Waals surface area contributed by atoms with Crippen LogP contribution in [0.25, 0.3) is 0 Å². The molecular weight excluding hydrogens is 302 g/mol. The van der Waals surface area contributed by atoms with Crippen LogP contribution in [0.15, 0.2) is 34.9 Å². The predicted molar refractivity (Wildman–Crippen MR) is 91.7 cm³/mol. The molecule has 1 heterocycles. The summed E-state index contributed by atoms with van der Waals surface area (Å²) in [5, 5.41) is 1.89. The van der Waals surface area contributed by atoms with Gasteiger partial charge in [0.25, 0.3) is 0 Å². The fourth-order valence-corrected chi connectivity index (χ4v) is 4.21. The normalized spacial score (nSPS) is 22.4. The largest absolute Gasteiger partial charge is 0.393 e. The summed E-state index contributed by atoms with van der Waals surface area (Å²) >= 11 is 7.56. The van der Waals surface area contributed by atoms with Gasteiger partial charge in [0.1, 0.15) is 0 Å². The third-order valence-electron chi connectivity index (χ3n) is 3.96. The molecule has 0 aliphatic carbocycles. The maximum Gasteiger partial charge on any atom is 0.191 e. The average Bonchev–Trinajstić information content (AvgIpc) is 2.47. The molecule has 4 heteroatoms. The number of ketones is 1. The van der Waals surface area contributed by atoms with Crippen molar-refractivity contribution in [1.29, 1.82) is 0 Å². The Balaban J connectivity index is 2.33. The molecule has 2 rings (SSSR count). The van der Waals surface area contributed by atoms with Gasteiger partial charge in [0.15, 0.2) is 5.78 Å². The Morgan fingerprint density at radius 2 is 2.00 bits per heavy atom. The number of halogens is 1. The Morgan fingerprint density at radius 3 is 2.57 bits per heavy atom. The van der Waals surface area contributed by atoms with Gasteiger partial charge in [-0.2, -0.15) is 0 Å². The Morgan fingerprint density at radius 1 is 1.33 bits per heavy atom. The molecule has 0 amide bonds. The number of allylic oxidation sites excluding steroid dienone is 1. The second-order valence-corrected chi connectivity index (χ2v) is 7.26. The van der Waals surface area contributed by atoms with Crippen LogP contribution in [-0.2, 0) is 0 Å². The van der Waals surface area contributed by atoms with Crippen LogP contribution in [0.3, 0.4) is 0 Å². The van der Waals surface area contributed by atoms with E-state index in [2.05, 4.69) is 13.8 Å². The van der Waals surface area contributed by atoms with E-state index in [1.807, 2.05) is 0 Å². The second-order valence-electron chi connectivity index (χ2n) is 5.48. The number of benzene rings is 1. The molecule has 2 atom stereocenters. The fourth-order valence-electron chi connectivity index (χ4n) is 2.84. The summed E-state index contributed by atoms with van der Waals surface area (Å²) in [5.74, 6) is 0.342. The first kappa shape index (κ1) is 16.4. The summed E-state index contributed by atoms with van der Waals surface area (Å²) in [6.45, 7) is 4.34. The smallest absolute Gasteiger partial charge is 0.191 e. The molecule has 1 aromatic rings. The Kier molecular flexibility index (Phi) is 5.77. The third-order valence-corrected chi connectivity index (χ3v) is 5.54. The highest BCUT2D eigenvalue weighted by Crippen LogP contribution is 2.41. The number of carbonyl (C=O) groups excluding carboxylic acids is 1. The SMILES string of the molecule is CCCC1CC(CC)SC(N)=C1C(=O)c1ccc(Cl)cc1. The van der Waals surface area contributed by atoms with E-state index in [0.29, 0.717) is 20.9 Å². The van der Waals surface area contributed by atoms with Crippen molar-refractivity contribution >= 4 is 29.1 Å². The molecule has 1 aliphatic heterocycles. The highest BCUT2D eigenvalue weighted by Gasteiger charge is 2.31. The van der Waals surface area contributed by atoms with Crippen molar-refractivity contribution in [2.45, 2.75) is 44.8 Å². The van der Waals surface area contributed by atoms with Crippen molar-refractivity contribution in [2.24, 2.45) is 11.7 Å². The monoisotopic (exact) mass is 323 g/mol. The van der Waals surface area contributed by atoms with Gasteiger partial charge in [-0.25, -0.2) is 0 Å². The first-order valence-corrected chi connectivity index (χ1v) is 8.79. The molecule has 1 aromatic carbocycles. The lowest BCUT2D eigenvalue weighted by Crippen LogP contribution is -2.26. The number of Topliss-reactive ketones (excluding diaryl/α,β-unsaturated/α-hetero) is 1. The van der Waals surface area contributed by atoms with Gasteiger partial charge < -0.3 is 5.73 Å². The molecule has 114 valence electrons. The Labute approximate surface area is 136 Å². The Hall–Kier alpha value is -0.930. The predicted octanol–water partition coefficient (Wildman–Crippen LogP) is 5.02. The van der Waals surface area contributed by atoms with Crippen molar-refractivity contribution in [3.8, 4) is 0 Å². The summed E-state index contributed by atoms with van der Waals surface area (Å²) in [4.78, 5) is 12.8. The number of hydrogen-bond acceptors (Lipinski definition) is 3. The zero-order valence-corrected chi connectivity index (χ0v) is 14.1. The van der Waals surface area contributed by atoms with Gasteiger partial charge in [-0.05, 0) is 49.4 Å². The van der Waals surface area contributed by atoms with Gasteiger partial charge >= 0.3 is 0 Å². The molecule has 21 heavy (non-hydrogen) atoms. The molecule has 1 aliphatic rings. The minimum atomic E-state index is 0.0599. The van der Waals surface area contributed by atoms with Crippen molar-refractivity contribution in [2.75, 3.05) is 0 Å². The van der Waals surface area contributed by atoms with Crippen LogP contribution in [0.4, 0.5) is 0 Å². The summed E-state index contributed by atoms with van der Waals surface area (Å²) in [5.41, 5.74) is 7.72. The standard InChI is InChI=1S/C17H22ClNOS/c1-3-5-12-10-14(4-2)21-17(19)15(12)16(20)11-6-8-13(18)9-7-11/h6-9,12,14H,3-5,10,19H2,1-2H3. The summed E-state index contributed by atoms with van der Waals surface area (Å²) in [7, 11) is 0. The van der Waals surface area contributed by atoms with E-state index < -0.39 is 0 Å². The number of nitrogens with two attached hydrogens (primary N) is 1. The van der Waals surface area contributed by atoms with Crippen LogP contribution in [0.1, 0.15) is 49.9 Å². The topological polar surface area (TPSA) is 43.1 Å². The number of thioether (sulfide) groups is 1. The van der Waals surface area contributed by atoms with Crippen LogP contribution in [0.5, 0.6) is 0 Å². The highest BCUT2D eigenvalue weighted by molar-refractivity contribution is 8.03. The van der Waals surface area contributed by atoms with Gasteiger partial charge in [0, 0.05) is 21.4 Å². The molecule has 0 spiro atoms. The van der Waals surface area contributed by atoms with Crippen LogP contribution in [0.2, 0.25) is 5.02 Å². The minimum Gasteiger partial charge on any atom is -0.393 e. The maximum atomic E-state index is 12.8. The van der Waals surface area contributed by atoms with Gasteiger partial charge in [-0.3, -0.25) is 4.79 Å². The first-order valence-electron chi connectivity index (χ1n) is 7.53. The van der Waals surface area contributed by atoms with Crippen LogP contribution in [-0.4, -0.2) is 11.0 Å². The summed E-state index contributed by atoms with van der Waals surface area (Å²) < 4.78 is 0. The van der Waals surface area contributed by atoms with Crippen LogP contribution >= 0.6 is 23.4 Å². The maximum absolute atomic E-state index is 12.8. The van der Waals surface area contributed by atoms with E-state index in [9.17, 15) is 4.79 Å². The van der Waals surface area contributed by atoms with Gasteiger partial charge in [-0.1, -0.05) is 31.9 Å². The number of rotatable bonds is 5. The van der Waals surface area contributed by atoms with E-state index in [-0.39, 0.29) is 11.7 Å². The molecule has 0 bridgehead atoms. The summed E-state index contributed by atoms with van der Waals surface area (Å²) in [6.07, 6.45) is 4.22. The molecular formula is C17H22ClNOS. The van der Waals surface area contributed by atoms with Crippen molar-refractivity contribution in [3.63, 3.8) is 0 Å². The molecule has 2 N–H and O–H groups in total. The van der Waals surface area contributed by atoms with E-state index in [4.69, 9.17) is 17.3 Å². The Bertz CT molecular complexity index is 538. The lowest BCUT2D eigenvalue weighted by atomic mass is 9.85. The molecule has 2 unspecified atom stereocenters. The molecule has 0 saturated carbocycles. The van der Waals surface area contributed by atoms with Gasteiger partial charge in [0.05, 0.1) is 5.03 Å². The average molecular weight is 324 g/mol. The first-order chi connectivity index (χ1) is 10.1. The van der Waals surface area contributed by atoms with E-state index in [0.717, 1.165) is 31.3 Å². The summed E-state index contributed by atoms with van der Waals surface area (Å²) in [6, 6.07) is 7.07. The number of carbonyl (C=O) groups is 1. The van der Waals surface area contributed by atoms with Crippen molar-refractivity contribution < 1.29 is 4.79 Å². The van der Waals surface area contributed by atoms with E-state index >= 15 is 0 Å². The van der Waals surface area contributed by atoms with Gasteiger partial charge in [-0.15, -0.1) is 11.8 Å². The number of hydrogen-bond donors (Lipinski definition) is 1. The van der Waals surface area contributed by atoms with Crippen LogP contribution < -0.4 is 5.73 Å². The second kappa shape index (κ2) is 7.37. The van der Waals surface area contributed by atoms with Crippen LogP contribution in [0, 0.1) is 5.92 Å². The van der Waals surface area contributed by atoms with E-state index in [1.165, 1.54) is 0 Å². The molecule has 0 saturated heterocycles. The zero-order chi connectivity index (χ0) is 15.4. The quantitative estimate of drug-likeness (QED) is 0.773. The molecule has 0 fully saturated rings.